The number of halogens is 1. The summed E-state index contributed by atoms with van der Waals surface area (Å²) < 4.78 is 10.8. The molecule has 1 aromatic heterocycles. The van der Waals surface area contributed by atoms with E-state index in [1.165, 1.54) is 0 Å². The second kappa shape index (κ2) is 6.22. The quantitative estimate of drug-likeness (QED) is 0.785. The summed E-state index contributed by atoms with van der Waals surface area (Å²) in [5.74, 6) is 1.13. The predicted octanol–water partition coefficient (Wildman–Crippen LogP) is 4.16. The van der Waals surface area contributed by atoms with Crippen molar-refractivity contribution in [2.45, 2.75) is 6.61 Å². The average Bonchev–Trinajstić information content (AvgIpc) is 2.98. The van der Waals surface area contributed by atoms with Crippen molar-refractivity contribution in [3.05, 3.63) is 59.1 Å². The van der Waals surface area contributed by atoms with Gasteiger partial charge in [0.15, 0.2) is 5.76 Å². The number of para-hydroxylation sites is 1. The fourth-order valence-electron chi connectivity index (χ4n) is 2.36. The second-order valence-electron chi connectivity index (χ2n) is 4.68. The van der Waals surface area contributed by atoms with E-state index in [1.807, 2.05) is 42.5 Å². The van der Waals surface area contributed by atoms with Crippen molar-refractivity contribution in [1.29, 1.82) is 0 Å². The van der Waals surface area contributed by atoms with Gasteiger partial charge in [-0.3, -0.25) is 0 Å². The van der Waals surface area contributed by atoms with Crippen molar-refractivity contribution in [2.75, 3.05) is 7.11 Å². The Morgan fingerprint density at radius 3 is 2.45 bits per heavy atom. The molecule has 0 saturated carbocycles. The van der Waals surface area contributed by atoms with Crippen LogP contribution >= 0.6 is 11.6 Å². The number of hydrogen-bond donors (Lipinski definition) is 1. The van der Waals surface area contributed by atoms with Crippen LogP contribution in [0.2, 0.25) is 5.02 Å². The zero-order chi connectivity index (χ0) is 15.5. The van der Waals surface area contributed by atoms with Gasteiger partial charge in [-0.25, -0.2) is 0 Å². The second-order valence-corrected chi connectivity index (χ2v) is 5.08. The molecule has 1 N–H and O–H groups in total. The van der Waals surface area contributed by atoms with Crippen LogP contribution in [0.15, 0.2) is 53.1 Å². The van der Waals surface area contributed by atoms with Crippen molar-refractivity contribution in [1.82, 2.24) is 5.16 Å². The van der Waals surface area contributed by atoms with Crippen molar-refractivity contribution in [2.24, 2.45) is 0 Å². The fraction of sp³-hybridized carbons (Fsp3) is 0.118. The smallest absolute Gasteiger partial charge is 0.176 e. The lowest BCUT2D eigenvalue weighted by atomic mass is 10.0. The van der Waals surface area contributed by atoms with Crippen molar-refractivity contribution in [3.63, 3.8) is 0 Å². The minimum absolute atomic E-state index is 0.211. The van der Waals surface area contributed by atoms with E-state index in [0.29, 0.717) is 27.8 Å². The summed E-state index contributed by atoms with van der Waals surface area (Å²) in [7, 11) is 1.59. The monoisotopic (exact) mass is 315 g/mol. The molecule has 0 saturated heterocycles. The molecule has 1 heterocycles. The number of ether oxygens (including phenoxy) is 1. The molecule has 0 amide bonds. The zero-order valence-corrected chi connectivity index (χ0v) is 12.7. The largest absolute Gasteiger partial charge is 0.496 e. The Morgan fingerprint density at radius 1 is 1.09 bits per heavy atom. The van der Waals surface area contributed by atoms with Crippen LogP contribution in [0.4, 0.5) is 0 Å². The number of aromatic nitrogens is 1. The Balaban J connectivity index is 2.18. The number of nitrogens with zero attached hydrogens (tertiary/aromatic N) is 1. The first kappa shape index (κ1) is 14.6. The van der Waals surface area contributed by atoms with Crippen molar-refractivity contribution in [3.8, 4) is 28.3 Å². The maximum atomic E-state index is 9.78. The molecule has 0 radical (unpaired) electrons. The van der Waals surface area contributed by atoms with E-state index >= 15 is 0 Å². The van der Waals surface area contributed by atoms with Gasteiger partial charge in [0, 0.05) is 5.56 Å². The Hall–Kier alpha value is -2.30. The lowest BCUT2D eigenvalue weighted by Gasteiger charge is -2.07. The third kappa shape index (κ3) is 2.47. The van der Waals surface area contributed by atoms with Gasteiger partial charge >= 0.3 is 0 Å². The van der Waals surface area contributed by atoms with Gasteiger partial charge in [0.05, 0.1) is 29.9 Å². The highest BCUT2D eigenvalue weighted by Crippen LogP contribution is 2.38. The average molecular weight is 316 g/mol. The Morgan fingerprint density at radius 2 is 1.77 bits per heavy atom. The van der Waals surface area contributed by atoms with Crippen LogP contribution in [0.1, 0.15) is 5.56 Å². The van der Waals surface area contributed by atoms with E-state index in [1.54, 1.807) is 13.2 Å². The van der Waals surface area contributed by atoms with E-state index in [2.05, 4.69) is 5.16 Å². The molecule has 3 aromatic rings. The topological polar surface area (TPSA) is 55.5 Å². The Labute approximate surface area is 132 Å². The van der Waals surface area contributed by atoms with Crippen LogP contribution in [0.25, 0.3) is 22.6 Å². The summed E-state index contributed by atoms with van der Waals surface area (Å²) >= 11 is 6.21. The molecule has 0 unspecified atom stereocenters. The standard InChI is InChI=1S/C17H14ClNO3/c1-21-15-9-5-3-7-12(15)17-13(10-20)16(19-22-17)11-6-2-4-8-14(11)18/h2-9,20H,10H2,1H3. The highest BCUT2D eigenvalue weighted by Gasteiger charge is 2.21. The molecule has 0 fully saturated rings. The van der Waals surface area contributed by atoms with E-state index in [4.69, 9.17) is 20.9 Å². The number of methoxy groups -OCH3 is 1. The summed E-state index contributed by atoms with van der Waals surface area (Å²) in [6.07, 6.45) is 0. The third-order valence-electron chi connectivity index (χ3n) is 3.43. The first-order valence-corrected chi connectivity index (χ1v) is 7.11. The molecule has 0 aliphatic rings. The molecule has 22 heavy (non-hydrogen) atoms. The lowest BCUT2D eigenvalue weighted by molar-refractivity contribution is 0.281. The van der Waals surface area contributed by atoms with Gasteiger partial charge in [-0.05, 0) is 18.2 Å². The number of rotatable bonds is 4. The van der Waals surface area contributed by atoms with Crippen molar-refractivity contribution < 1.29 is 14.4 Å². The van der Waals surface area contributed by atoms with E-state index < -0.39 is 0 Å². The van der Waals surface area contributed by atoms with Crippen LogP contribution in [-0.4, -0.2) is 17.4 Å². The zero-order valence-electron chi connectivity index (χ0n) is 11.9. The highest BCUT2D eigenvalue weighted by molar-refractivity contribution is 6.33. The molecule has 4 nitrogen and oxygen atoms in total. The maximum absolute atomic E-state index is 9.78. The van der Waals surface area contributed by atoms with Crippen LogP contribution < -0.4 is 4.74 Å². The van der Waals surface area contributed by atoms with Crippen LogP contribution in [-0.2, 0) is 6.61 Å². The van der Waals surface area contributed by atoms with Crippen LogP contribution in [0.3, 0.4) is 0 Å². The molecule has 0 bridgehead atoms. The van der Waals surface area contributed by atoms with Gasteiger partial charge in [0.1, 0.15) is 11.4 Å². The van der Waals surface area contributed by atoms with Gasteiger partial charge < -0.3 is 14.4 Å². The Bertz CT molecular complexity index is 798. The molecule has 0 atom stereocenters. The highest BCUT2D eigenvalue weighted by atomic mass is 35.5. The predicted molar refractivity (Wildman–Crippen MR) is 84.9 cm³/mol. The van der Waals surface area contributed by atoms with E-state index in [0.717, 1.165) is 11.1 Å². The lowest BCUT2D eigenvalue weighted by Crippen LogP contribution is -1.92. The Kier molecular flexibility index (Phi) is 4.13. The maximum Gasteiger partial charge on any atom is 0.176 e. The van der Waals surface area contributed by atoms with Gasteiger partial charge in [0.25, 0.3) is 0 Å². The van der Waals surface area contributed by atoms with Crippen molar-refractivity contribution >= 4 is 11.6 Å². The molecule has 5 heteroatoms. The van der Waals surface area contributed by atoms with Gasteiger partial charge in [0.2, 0.25) is 0 Å². The van der Waals surface area contributed by atoms with Crippen LogP contribution in [0.5, 0.6) is 5.75 Å². The number of hydrogen-bond acceptors (Lipinski definition) is 4. The first-order chi connectivity index (χ1) is 10.8. The van der Waals surface area contributed by atoms with E-state index in [-0.39, 0.29) is 6.61 Å². The summed E-state index contributed by atoms with van der Waals surface area (Å²) in [5.41, 5.74) is 2.57. The number of aliphatic hydroxyl groups excluding tert-OH is 1. The van der Waals surface area contributed by atoms with E-state index in [9.17, 15) is 5.11 Å². The molecule has 0 aliphatic carbocycles. The molecule has 112 valence electrons. The molecule has 3 rings (SSSR count). The molecule has 2 aromatic carbocycles. The summed E-state index contributed by atoms with van der Waals surface area (Å²) in [6, 6.07) is 14.7. The third-order valence-corrected chi connectivity index (χ3v) is 3.76. The van der Waals surface area contributed by atoms with Gasteiger partial charge in [-0.15, -0.1) is 0 Å². The molecule has 0 spiro atoms. The normalized spacial score (nSPS) is 10.7. The minimum Gasteiger partial charge on any atom is -0.496 e. The molecular weight excluding hydrogens is 302 g/mol. The SMILES string of the molecule is COc1ccccc1-c1onc(-c2ccccc2Cl)c1CO. The molecule has 0 aliphatic heterocycles. The summed E-state index contributed by atoms with van der Waals surface area (Å²) in [5, 5.41) is 14.4. The van der Waals surface area contributed by atoms with Crippen LogP contribution in [0, 0.1) is 0 Å². The molecular formula is C17H14ClNO3. The summed E-state index contributed by atoms with van der Waals surface area (Å²) in [4.78, 5) is 0. The number of benzene rings is 2. The fourth-order valence-corrected chi connectivity index (χ4v) is 2.59. The summed E-state index contributed by atoms with van der Waals surface area (Å²) in [6.45, 7) is -0.211. The minimum atomic E-state index is -0.211. The first-order valence-electron chi connectivity index (χ1n) is 6.74. The van der Waals surface area contributed by atoms with Gasteiger partial charge in [-0.2, -0.15) is 0 Å². The number of aliphatic hydroxyl groups is 1. The van der Waals surface area contributed by atoms with Gasteiger partial charge in [-0.1, -0.05) is 47.1 Å².